The highest BCUT2D eigenvalue weighted by atomic mass is 19.4. The van der Waals surface area contributed by atoms with Crippen LogP contribution < -0.4 is 10.1 Å². The summed E-state index contributed by atoms with van der Waals surface area (Å²) >= 11 is 0. The predicted octanol–water partition coefficient (Wildman–Crippen LogP) is 4.74. The third kappa shape index (κ3) is 6.01. The van der Waals surface area contributed by atoms with E-state index in [1.165, 1.54) is 6.07 Å². The molecule has 0 heterocycles. The molecule has 0 aliphatic heterocycles. The Hall–Kier alpha value is -2.50. The molecule has 0 saturated carbocycles. The summed E-state index contributed by atoms with van der Waals surface area (Å²) in [4.78, 5) is 12.1. The number of ether oxygens (including phenoxy) is 1. The van der Waals surface area contributed by atoms with Gasteiger partial charge in [0.15, 0.2) is 0 Å². The summed E-state index contributed by atoms with van der Waals surface area (Å²) in [6, 6.07) is 12.7. The van der Waals surface area contributed by atoms with Gasteiger partial charge < -0.3 is 10.1 Å². The summed E-state index contributed by atoms with van der Waals surface area (Å²) in [5.74, 6) is 0.622. The van der Waals surface area contributed by atoms with E-state index in [9.17, 15) is 18.0 Å². The van der Waals surface area contributed by atoms with Crippen molar-refractivity contribution in [2.75, 3.05) is 13.7 Å². The van der Waals surface area contributed by atoms with Crippen molar-refractivity contribution in [1.82, 2.24) is 5.32 Å². The molecule has 0 bridgehead atoms. The molecule has 3 nitrogen and oxygen atoms in total. The van der Waals surface area contributed by atoms with Gasteiger partial charge in [-0.05, 0) is 35.7 Å². The van der Waals surface area contributed by atoms with E-state index in [-0.39, 0.29) is 12.5 Å². The average molecular weight is 379 g/mol. The van der Waals surface area contributed by atoms with E-state index in [0.717, 1.165) is 23.4 Å². The van der Waals surface area contributed by atoms with Gasteiger partial charge in [-0.2, -0.15) is 13.2 Å². The van der Waals surface area contributed by atoms with Crippen molar-refractivity contribution in [3.63, 3.8) is 0 Å². The van der Waals surface area contributed by atoms with Crippen LogP contribution >= 0.6 is 0 Å². The molecule has 0 unspecified atom stereocenters. The van der Waals surface area contributed by atoms with Crippen molar-refractivity contribution in [3.05, 3.63) is 65.2 Å². The van der Waals surface area contributed by atoms with Gasteiger partial charge in [-0.1, -0.05) is 44.2 Å². The number of methoxy groups -OCH3 is 1. The number of amides is 1. The summed E-state index contributed by atoms with van der Waals surface area (Å²) in [6.07, 6.45) is -3.49. The Morgan fingerprint density at radius 2 is 1.67 bits per heavy atom. The Labute approximate surface area is 157 Å². The van der Waals surface area contributed by atoms with E-state index in [4.69, 9.17) is 4.74 Å². The fourth-order valence-electron chi connectivity index (χ4n) is 2.68. The zero-order valence-corrected chi connectivity index (χ0v) is 15.7. The molecule has 0 saturated heterocycles. The zero-order chi connectivity index (χ0) is 20.1. The standard InChI is InChI=1S/C21H24F3NO2/c1-20(2,16-5-4-6-17(13-16)21(22,23)24)14-25-19(26)12-9-15-7-10-18(27-3)11-8-15/h4-8,10-11,13H,9,12,14H2,1-3H3,(H,25,26). The smallest absolute Gasteiger partial charge is 0.416 e. The van der Waals surface area contributed by atoms with Crippen molar-refractivity contribution in [3.8, 4) is 5.75 Å². The Balaban J connectivity index is 1.91. The second kappa shape index (κ2) is 8.46. The maximum absolute atomic E-state index is 12.9. The lowest BCUT2D eigenvalue weighted by Gasteiger charge is -2.26. The van der Waals surface area contributed by atoms with Crippen LogP contribution in [0.1, 0.15) is 37.0 Å². The Morgan fingerprint density at radius 3 is 2.26 bits per heavy atom. The van der Waals surface area contributed by atoms with Crippen LogP contribution in [0.4, 0.5) is 13.2 Å². The van der Waals surface area contributed by atoms with Crippen molar-refractivity contribution in [2.24, 2.45) is 0 Å². The molecular formula is C21H24F3NO2. The summed E-state index contributed by atoms with van der Waals surface area (Å²) in [5.41, 5.74) is 0.256. The lowest BCUT2D eigenvalue weighted by molar-refractivity contribution is -0.137. The number of carbonyl (C=O) groups is 1. The molecule has 1 amide bonds. The van der Waals surface area contributed by atoms with Crippen LogP contribution in [0.2, 0.25) is 0 Å². The number of rotatable bonds is 7. The topological polar surface area (TPSA) is 38.3 Å². The highest BCUT2D eigenvalue weighted by molar-refractivity contribution is 5.76. The SMILES string of the molecule is COc1ccc(CCC(=O)NCC(C)(C)c2cccc(C(F)(F)F)c2)cc1. The molecule has 0 radical (unpaired) electrons. The number of carbonyl (C=O) groups excluding carboxylic acids is 1. The molecular weight excluding hydrogens is 355 g/mol. The van der Waals surface area contributed by atoms with Crippen LogP contribution in [0, 0.1) is 0 Å². The first-order valence-corrected chi connectivity index (χ1v) is 8.69. The van der Waals surface area contributed by atoms with Gasteiger partial charge in [0.1, 0.15) is 5.75 Å². The van der Waals surface area contributed by atoms with Gasteiger partial charge in [0.25, 0.3) is 0 Å². The number of alkyl halides is 3. The van der Waals surface area contributed by atoms with Gasteiger partial charge in [-0.25, -0.2) is 0 Å². The molecule has 0 atom stereocenters. The molecule has 1 N–H and O–H groups in total. The van der Waals surface area contributed by atoms with Crippen LogP contribution in [-0.4, -0.2) is 19.6 Å². The van der Waals surface area contributed by atoms with Crippen LogP contribution in [0.25, 0.3) is 0 Å². The number of halogens is 3. The van der Waals surface area contributed by atoms with Gasteiger partial charge in [0, 0.05) is 18.4 Å². The first kappa shape index (κ1) is 20.8. The minimum absolute atomic E-state index is 0.133. The van der Waals surface area contributed by atoms with Gasteiger partial charge >= 0.3 is 6.18 Å². The average Bonchev–Trinajstić information content (AvgIpc) is 2.64. The maximum atomic E-state index is 12.9. The Kier molecular flexibility index (Phi) is 6.52. The molecule has 0 aliphatic rings. The van der Waals surface area contributed by atoms with Gasteiger partial charge in [0.2, 0.25) is 5.91 Å². The molecule has 2 aromatic carbocycles. The number of benzene rings is 2. The van der Waals surface area contributed by atoms with Crippen molar-refractivity contribution in [2.45, 2.75) is 38.3 Å². The quantitative estimate of drug-likeness (QED) is 0.755. The van der Waals surface area contributed by atoms with E-state index >= 15 is 0 Å². The van der Waals surface area contributed by atoms with E-state index in [2.05, 4.69) is 5.32 Å². The number of hydrogen-bond donors (Lipinski definition) is 1. The van der Waals surface area contributed by atoms with Crippen LogP contribution in [0.3, 0.4) is 0 Å². The minimum atomic E-state index is -4.38. The lowest BCUT2D eigenvalue weighted by Crippen LogP contribution is -2.36. The van der Waals surface area contributed by atoms with Gasteiger partial charge in [0.05, 0.1) is 12.7 Å². The zero-order valence-electron chi connectivity index (χ0n) is 15.7. The summed E-state index contributed by atoms with van der Waals surface area (Å²) in [7, 11) is 1.59. The molecule has 6 heteroatoms. The number of nitrogens with one attached hydrogen (secondary N) is 1. The van der Waals surface area contributed by atoms with E-state index in [1.54, 1.807) is 13.2 Å². The number of hydrogen-bond acceptors (Lipinski definition) is 2. The molecule has 0 fully saturated rings. The molecule has 0 aliphatic carbocycles. The van der Waals surface area contributed by atoms with Crippen LogP contribution in [0.15, 0.2) is 48.5 Å². The first-order chi connectivity index (χ1) is 12.6. The van der Waals surface area contributed by atoms with Crippen molar-refractivity contribution >= 4 is 5.91 Å². The highest BCUT2D eigenvalue weighted by Gasteiger charge is 2.32. The predicted molar refractivity (Wildman–Crippen MR) is 98.8 cm³/mol. The lowest BCUT2D eigenvalue weighted by atomic mass is 9.83. The monoisotopic (exact) mass is 379 g/mol. The highest BCUT2D eigenvalue weighted by Crippen LogP contribution is 2.32. The third-order valence-corrected chi connectivity index (χ3v) is 4.50. The van der Waals surface area contributed by atoms with Crippen LogP contribution in [0.5, 0.6) is 5.75 Å². The van der Waals surface area contributed by atoms with Gasteiger partial charge in [-0.3, -0.25) is 4.79 Å². The molecule has 0 spiro atoms. The van der Waals surface area contributed by atoms with E-state index in [0.29, 0.717) is 18.4 Å². The Bertz CT molecular complexity index is 768. The Morgan fingerprint density at radius 1 is 1.04 bits per heavy atom. The fraction of sp³-hybridized carbons (Fsp3) is 0.381. The largest absolute Gasteiger partial charge is 0.497 e. The van der Waals surface area contributed by atoms with E-state index in [1.807, 2.05) is 38.1 Å². The molecule has 2 aromatic rings. The second-order valence-corrected chi connectivity index (χ2v) is 7.09. The van der Waals surface area contributed by atoms with Crippen LogP contribution in [-0.2, 0) is 22.8 Å². The first-order valence-electron chi connectivity index (χ1n) is 8.69. The normalized spacial score (nSPS) is 11.9. The summed E-state index contributed by atoms with van der Waals surface area (Å²) in [6.45, 7) is 3.88. The molecule has 0 aromatic heterocycles. The second-order valence-electron chi connectivity index (χ2n) is 7.09. The summed E-state index contributed by atoms with van der Waals surface area (Å²) in [5, 5.41) is 2.83. The molecule has 2 rings (SSSR count). The van der Waals surface area contributed by atoms with Gasteiger partial charge in [-0.15, -0.1) is 0 Å². The molecule has 27 heavy (non-hydrogen) atoms. The van der Waals surface area contributed by atoms with Crippen molar-refractivity contribution in [1.29, 1.82) is 0 Å². The minimum Gasteiger partial charge on any atom is -0.497 e. The van der Waals surface area contributed by atoms with E-state index < -0.39 is 17.2 Å². The maximum Gasteiger partial charge on any atom is 0.416 e. The number of aryl methyl sites for hydroxylation is 1. The summed E-state index contributed by atoms with van der Waals surface area (Å²) < 4.78 is 43.8. The molecule has 146 valence electrons. The third-order valence-electron chi connectivity index (χ3n) is 4.50. The fourth-order valence-corrected chi connectivity index (χ4v) is 2.68. The van der Waals surface area contributed by atoms with Crippen molar-refractivity contribution < 1.29 is 22.7 Å².